The maximum Gasteiger partial charge on any atom is 0.322 e. The van der Waals surface area contributed by atoms with Crippen molar-refractivity contribution in [2.24, 2.45) is 0 Å². The lowest BCUT2D eigenvalue weighted by Crippen LogP contribution is -2.55. The molecule has 0 aliphatic carbocycles. The van der Waals surface area contributed by atoms with Crippen LogP contribution in [0.5, 0.6) is 0 Å². The molecule has 0 amide bonds. The van der Waals surface area contributed by atoms with Gasteiger partial charge < -0.3 is 5.11 Å². The molecular weight excluding hydrogens is 244 g/mol. The van der Waals surface area contributed by atoms with Crippen molar-refractivity contribution in [3.05, 3.63) is 0 Å². The number of hydrogen-bond donors (Lipinski definition) is 2. The molecular formula is C10H20N2O4S. The molecule has 2 N–H and O–H groups in total. The molecule has 1 fully saturated rings. The van der Waals surface area contributed by atoms with Crippen molar-refractivity contribution in [2.45, 2.75) is 51.6 Å². The van der Waals surface area contributed by atoms with Crippen molar-refractivity contribution in [1.82, 2.24) is 9.03 Å². The van der Waals surface area contributed by atoms with Crippen LogP contribution >= 0.6 is 0 Å². The highest BCUT2D eigenvalue weighted by atomic mass is 32.2. The van der Waals surface area contributed by atoms with E-state index in [1.54, 1.807) is 20.8 Å². The number of piperidine rings is 1. The molecule has 0 bridgehead atoms. The van der Waals surface area contributed by atoms with Crippen LogP contribution in [0.3, 0.4) is 0 Å². The van der Waals surface area contributed by atoms with Gasteiger partial charge in [0, 0.05) is 12.1 Å². The third kappa shape index (κ3) is 3.93. The maximum atomic E-state index is 12.1. The van der Waals surface area contributed by atoms with Gasteiger partial charge in [-0.3, -0.25) is 4.79 Å². The normalized spacial score (nSPS) is 23.6. The Morgan fingerprint density at radius 1 is 1.35 bits per heavy atom. The Labute approximate surface area is 102 Å². The van der Waals surface area contributed by atoms with E-state index >= 15 is 0 Å². The number of aliphatic carboxylic acids is 1. The lowest BCUT2D eigenvalue weighted by Gasteiger charge is -2.34. The molecule has 17 heavy (non-hydrogen) atoms. The van der Waals surface area contributed by atoms with Crippen LogP contribution in [-0.4, -0.2) is 41.9 Å². The van der Waals surface area contributed by atoms with Gasteiger partial charge in [0.15, 0.2) is 0 Å². The molecule has 1 atom stereocenters. The number of carboxylic acid groups (broad SMARTS) is 1. The zero-order chi connectivity index (χ0) is 13.3. The highest BCUT2D eigenvalue weighted by Gasteiger charge is 2.38. The summed E-state index contributed by atoms with van der Waals surface area (Å²) in [6.45, 7) is 5.45. The van der Waals surface area contributed by atoms with Crippen molar-refractivity contribution in [3.63, 3.8) is 0 Å². The standard InChI is InChI=1S/C10H20N2O4S/c1-10(2,3)11-17(15,16)12-7-5-4-6-8(12)9(13)14/h8,11H,4-7H2,1-3H3,(H,13,14)/t8-/m1/s1. The maximum absolute atomic E-state index is 12.1. The summed E-state index contributed by atoms with van der Waals surface area (Å²) < 4.78 is 27.7. The molecule has 6 nitrogen and oxygen atoms in total. The van der Waals surface area contributed by atoms with E-state index in [1.807, 2.05) is 0 Å². The fourth-order valence-electron chi connectivity index (χ4n) is 1.89. The molecule has 1 aliphatic heterocycles. The van der Waals surface area contributed by atoms with Crippen LogP contribution in [0.1, 0.15) is 40.0 Å². The van der Waals surface area contributed by atoms with Crippen molar-refractivity contribution in [1.29, 1.82) is 0 Å². The van der Waals surface area contributed by atoms with Gasteiger partial charge in [-0.25, -0.2) is 0 Å². The zero-order valence-corrected chi connectivity index (χ0v) is 11.2. The van der Waals surface area contributed by atoms with Gasteiger partial charge in [-0.2, -0.15) is 17.4 Å². The van der Waals surface area contributed by atoms with E-state index in [1.165, 1.54) is 0 Å². The second kappa shape index (κ2) is 4.91. The van der Waals surface area contributed by atoms with Crippen LogP contribution in [0.25, 0.3) is 0 Å². The summed E-state index contributed by atoms with van der Waals surface area (Å²) in [5.41, 5.74) is -0.612. The van der Waals surface area contributed by atoms with E-state index in [-0.39, 0.29) is 6.54 Å². The summed E-state index contributed by atoms with van der Waals surface area (Å²) in [5.74, 6) is -1.08. The number of rotatable bonds is 3. The summed E-state index contributed by atoms with van der Waals surface area (Å²) in [5, 5.41) is 9.04. The average Bonchev–Trinajstić information content (AvgIpc) is 2.14. The van der Waals surface area contributed by atoms with Crippen LogP contribution in [0.4, 0.5) is 0 Å². The van der Waals surface area contributed by atoms with E-state index in [4.69, 9.17) is 5.11 Å². The summed E-state index contributed by atoms with van der Waals surface area (Å²) in [6, 6.07) is -0.941. The first-order valence-corrected chi connectivity index (χ1v) is 7.11. The number of carboxylic acids is 1. The first-order chi connectivity index (χ1) is 7.63. The minimum atomic E-state index is -3.73. The Hall–Kier alpha value is -0.660. The van der Waals surface area contributed by atoms with E-state index in [9.17, 15) is 13.2 Å². The molecule has 0 radical (unpaired) electrons. The number of hydrogen-bond acceptors (Lipinski definition) is 3. The smallest absolute Gasteiger partial charge is 0.322 e. The van der Waals surface area contributed by atoms with Gasteiger partial charge in [-0.15, -0.1) is 0 Å². The van der Waals surface area contributed by atoms with Crippen LogP contribution < -0.4 is 4.72 Å². The summed E-state index contributed by atoms with van der Waals surface area (Å²) in [6.07, 6.45) is 1.83. The highest BCUT2D eigenvalue weighted by molar-refractivity contribution is 7.87. The lowest BCUT2D eigenvalue weighted by molar-refractivity contribution is -0.142. The SMILES string of the molecule is CC(C)(C)NS(=O)(=O)N1CCCC[C@@H]1C(=O)O. The van der Waals surface area contributed by atoms with Gasteiger partial charge in [-0.1, -0.05) is 0 Å². The molecule has 0 aromatic rings. The van der Waals surface area contributed by atoms with Gasteiger partial charge in [0.2, 0.25) is 0 Å². The quantitative estimate of drug-likeness (QED) is 0.779. The third-order valence-electron chi connectivity index (χ3n) is 2.48. The van der Waals surface area contributed by atoms with Gasteiger partial charge in [0.25, 0.3) is 10.2 Å². The second-order valence-electron chi connectivity index (χ2n) is 5.32. The van der Waals surface area contributed by atoms with Crippen LogP contribution in [-0.2, 0) is 15.0 Å². The van der Waals surface area contributed by atoms with E-state index in [0.29, 0.717) is 12.8 Å². The lowest BCUT2D eigenvalue weighted by atomic mass is 10.1. The predicted molar refractivity (Wildman–Crippen MR) is 63.8 cm³/mol. The minimum Gasteiger partial charge on any atom is -0.480 e. The van der Waals surface area contributed by atoms with Gasteiger partial charge in [-0.05, 0) is 40.0 Å². The predicted octanol–water partition coefficient (Wildman–Crippen LogP) is 0.558. The molecule has 7 heteroatoms. The number of nitrogens with zero attached hydrogens (tertiary/aromatic N) is 1. The highest BCUT2D eigenvalue weighted by Crippen LogP contribution is 2.21. The Bertz CT molecular complexity index is 386. The minimum absolute atomic E-state index is 0.266. The zero-order valence-electron chi connectivity index (χ0n) is 10.4. The molecule has 1 aliphatic rings. The van der Waals surface area contributed by atoms with Gasteiger partial charge in [0.05, 0.1) is 0 Å². The fraction of sp³-hybridized carbons (Fsp3) is 0.900. The summed E-state index contributed by atoms with van der Waals surface area (Å²) in [4.78, 5) is 11.0. The number of nitrogens with one attached hydrogen (secondary N) is 1. The molecule has 0 aromatic heterocycles. The molecule has 1 heterocycles. The van der Waals surface area contributed by atoms with Crippen LogP contribution in [0.2, 0.25) is 0 Å². The molecule has 0 saturated carbocycles. The van der Waals surface area contributed by atoms with E-state index in [0.717, 1.165) is 10.7 Å². The van der Waals surface area contributed by atoms with Crippen molar-refractivity contribution in [3.8, 4) is 0 Å². The fourth-order valence-corrected chi connectivity index (χ4v) is 3.68. The Balaban J connectivity index is 2.91. The average molecular weight is 264 g/mol. The second-order valence-corrected chi connectivity index (χ2v) is 6.94. The Morgan fingerprint density at radius 3 is 2.41 bits per heavy atom. The van der Waals surface area contributed by atoms with Crippen LogP contribution in [0, 0.1) is 0 Å². The number of carbonyl (C=O) groups is 1. The molecule has 0 spiro atoms. The van der Waals surface area contributed by atoms with Gasteiger partial charge >= 0.3 is 5.97 Å². The summed E-state index contributed by atoms with van der Waals surface area (Å²) in [7, 11) is -3.73. The summed E-state index contributed by atoms with van der Waals surface area (Å²) >= 11 is 0. The monoisotopic (exact) mass is 264 g/mol. The van der Waals surface area contributed by atoms with E-state index < -0.39 is 27.8 Å². The third-order valence-corrected chi connectivity index (χ3v) is 4.41. The van der Waals surface area contributed by atoms with Crippen molar-refractivity contribution >= 4 is 16.2 Å². The van der Waals surface area contributed by atoms with Crippen molar-refractivity contribution < 1.29 is 18.3 Å². The Morgan fingerprint density at radius 2 is 1.94 bits per heavy atom. The topological polar surface area (TPSA) is 86.7 Å². The van der Waals surface area contributed by atoms with Crippen LogP contribution in [0.15, 0.2) is 0 Å². The molecule has 1 rings (SSSR count). The largest absolute Gasteiger partial charge is 0.480 e. The van der Waals surface area contributed by atoms with E-state index in [2.05, 4.69) is 4.72 Å². The van der Waals surface area contributed by atoms with Gasteiger partial charge in [0.1, 0.15) is 6.04 Å². The first kappa shape index (κ1) is 14.4. The molecule has 1 saturated heterocycles. The molecule has 100 valence electrons. The Kier molecular flexibility index (Phi) is 4.16. The molecule has 0 aromatic carbocycles. The first-order valence-electron chi connectivity index (χ1n) is 5.67. The van der Waals surface area contributed by atoms with Crippen molar-refractivity contribution in [2.75, 3.05) is 6.54 Å². The molecule has 0 unspecified atom stereocenters.